The Morgan fingerprint density at radius 1 is 1.07 bits per heavy atom. The lowest BCUT2D eigenvalue weighted by molar-refractivity contribution is -0.128. The van der Waals surface area contributed by atoms with E-state index in [1.165, 1.54) is 0 Å². The normalized spacial score (nSPS) is 16.1. The van der Waals surface area contributed by atoms with E-state index in [1.807, 2.05) is 48.5 Å². The lowest BCUT2D eigenvalue weighted by Crippen LogP contribution is -2.27. The van der Waals surface area contributed by atoms with Crippen molar-refractivity contribution in [2.45, 2.75) is 19.6 Å². The van der Waals surface area contributed by atoms with Crippen molar-refractivity contribution in [1.29, 1.82) is 0 Å². The molecule has 1 aromatic heterocycles. The molecule has 1 N–H and O–H groups in total. The Bertz CT molecular complexity index is 952. The van der Waals surface area contributed by atoms with Gasteiger partial charge in [0.1, 0.15) is 18.1 Å². The van der Waals surface area contributed by atoms with Crippen molar-refractivity contribution in [2.24, 2.45) is 5.92 Å². The zero-order chi connectivity index (χ0) is 20.1. The van der Waals surface area contributed by atoms with Gasteiger partial charge in [-0.15, -0.1) is 0 Å². The third-order valence-electron chi connectivity index (χ3n) is 4.88. The van der Waals surface area contributed by atoms with Crippen molar-refractivity contribution in [3.05, 3.63) is 84.3 Å². The number of amides is 2. The zero-order valence-corrected chi connectivity index (χ0v) is 15.9. The highest BCUT2D eigenvalue weighted by molar-refractivity contribution is 5.97. The number of anilines is 1. The number of ether oxygens (including phenoxy) is 1. The maximum atomic E-state index is 12.6. The van der Waals surface area contributed by atoms with E-state index in [0.717, 1.165) is 11.3 Å². The number of carbonyl (C=O) groups excluding carboxylic acids is 2. The summed E-state index contributed by atoms with van der Waals surface area (Å²) in [5.41, 5.74) is 1.77. The first-order valence-electron chi connectivity index (χ1n) is 9.55. The number of hydrogen-bond donors (Lipinski definition) is 1. The van der Waals surface area contributed by atoms with Gasteiger partial charge >= 0.3 is 0 Å². The highest BCUT2D eigenvalue weighted by Gasteiger charge is 2.34. The summed E-state index contributed by atoms with van der Waals surface area (Å²) >= 11 is 0. The number of nitrogens with one attached hydrogen (secondary N) is 1. The number of likely N-dealkylation sites (tertiary alicyclic amines) is 1. The molecular formula is C23H22N2O4. The monoisotopic (exact) mass is 390 g/mol. The fraction of sp³-hybridized carbons (Fsp3) is 0.217. The third-order valence-corrected chi connectivity index (χ3v) is 4.88. The molecule has 1 saturated heterocycles. The van der Waals surface area contributed by atoms with E-state index in [0.29, 0.717) is 31.1 Å². The Morgan fingerprint density at radius 3 is 2.59 bits per heavy atom. The summed E-state index contributed by atoms with van der Waals surface area (Å²) in [5, 5.41) is 2.89. The lowest BCUT2D eigenvalue weighted by Gasteiger charge is -2.15. The molecule has 0 aliphatic carbocycles. The number of hydrogen-bond acceptors (Lipinski definition) is 4. The fourth-order valence-corrected chi connectivity index (χ4v) is 3.31. The molecule has 0 spiro atoms. The van der Waals surface area contributed by atoms with E-state index in [2.05, 4.69) is 5.32 Å². The molecule has 1 atom stereocenters. The zero-order valence-electron chi connectivity index (χ0n) is 15.9. The standard InChI is InChI=1S/C23H22N2O4/c26-22-13-18(14-25(22)15-21-7-4-12-28-21)23(27)24-19-8-10-20(11-9-19)29-16-17-5-2-1-3-6-17/h1-12,18H,13-16H2,(H,24,27). The van der Waals surface area contributed by atoms with Gasteiger partial charge in [-0.3, -0.25) is 9.59 Å². The van der Waals surface area contributed by atoms with E-state index >= 15 is 0 Å². The first-order valence-corrected chi connectivity index (χ1v) is 9.55. The molecule has 3 aromatic rings. The molecular weight excluding hydrogens is 368 g/mol. The first kappa shape index (κ1) is 18.8. The second-order valence-electron chi connectivity index (χ2n) is 7.04. The lowest BCUT2D eigenvalue weighted by atomic mass is 10.1. The van der Waals surface area contributed by atoms with Gasteiger partial charge in [-0.25, -0.2) is 0 Å². The SMILES string of the molecule is O=C(Nc1ccc(OCc2ccccc2)cc1)C1CC(=O)N(Cc2ccco2)C1. The molecule has 4 rings (SSSR count). The Balaban J connectivity index is 1.28. The van der Waals surface area contributed by atoms with Gasteiger partial charge in [0.15, 0.2) is 0 Å². The first-order chi connectivity index (χ1) is 14.2. The summed E-state index contributed by atoms with van der Waals surface area (Å²) in [5.74, 6) is 0.883. The van der Waals surface area contributed by atoms with Gasteiger partial charge in [-0.2, -0.15) is 0 Å². The predicted octanol–water partition coefficient (Wildman–Crippen LogP) is 3.85. The molecule has 0 saturated carbocycles. The van der Waals surface area contributed by atoms with Gasteiger partial charge in [0.2, 0.25) is 11.8 Å². The third kappa shape index (κ3) is 4.85. The van der Waals surface area contributed by atoms with Gasteiger partial charge in [0.25, 0.3) is 0 Å². The maximum absolute atomic E-state index is 12.6. The van der Waals surface area contributed by atoms with Gasteiger partial charge in [-0.05, 0) is 42.0 Å². The van der Waals surface area contributed by atoms with Crippen molar-refractivity contribution >= 4 is 17.5 Å². The van der Waals surface area contributed by atoms with Crippen LogP contribution in [-0.4, -0.2) is 23.3 Å². The number of carbonyl (C=O) groups is 2. The van der Waals surface area contributed by atoms with Gasteiger partial charge in [-0.1, -0.05) is 30.3 Å². The minimum atomic E-state index is -0.369. The fourth-order valence-electron chi connectivity index (χ4n) is 3.31. The molecule has 2 amide bonds. The van der Waals surface area contributed by atoms with Crippen molar-refractivity contribution < 1.29 is 18.7 Å². The van der Waals surface area contributed by atoms with Crippen LogP contribution in [0.1, 0.15) is 17.7 Å². The van der Waals surface area contributed by atoms with Gasteiger partial charge < -0.3 is 19.4 Å². The average Bonchev–Trinajstić information content (AvgIpc) is 3.39. The highest BCUT2D eigenvalue weighted by atomic mass is 16.5. The van der Waals surface area contributed by atoms with Crippen LogP contribution in [0.25, 0.3) is 0 Å². The van der Waals surface area contributed by atoms with Crippen LogP contribution in [0.3, 0.4) is 0 Å². The molecule has 1 fully saturated rings. The van der Waals surface area contributed by atoms with Crippen molar-refractivity contribution in [3.8, 4) is 5.75 Å². The van der Waals surface area contributed by atoms with Crippen LogP contribution in [0.4, 0.5) is 5.69 Å². The predicted molar refractivity (Wildman–Crippen MR) is 108 cm³/mol. The largest absolute Gasteiger partial charge is 0.489 e. The summed E-state index contributed by atoms with van der Waals surface area (Å²) in [6, 6.07) is 20.8. The van der Waals surface area contributed by atoms with Gasteiger partial charge in [0, 0.05) is 18.7 Å². The van der Waals surface area contributed by atoms with Crippen LogP contribution in [0.15, 0.2) is 77.4 Å². The molecule has 0 bridgehead atoms. The summed E-state index contributed by atoms with van der Waals surface area (Å²) in [6.07, 6.45) is 1.79. The molecule has 2 aromatic carbocycles. The average molecular weight is 390 g/mol. The Hall–Kier alpha value is -3.54. The number of furan rings is 1. The molecule has 29 heavy (non-hydrogen) atoms. The Morgan fingerprint density at radius 2 is 1.86 bits per heavy atom. The summed E-state index contributed by atoms with van der Waals surface area (Å²) in [4.78, 5) is 26.4. The van der Waals surface area contributed by atoms with Crippen LogP contribution < -0.4 is 10.1 Å². The van der Waals surface area contributed by atoms with Crippen molar-refractivity contribution in [3.63, 3.8) is 0 Å². The van der Waals surface area contributed by atoms with Crippen LogP contribution in [-0.2, 0) is 22.7 Å². The van der Waals surface area contributed by atoms with E-state index in [-0.39, 0.29) is 24.2 Å². The van der Waals surface area contributed by atoms with Crippen LogP contribution in [0.2, 0.25) is 0 Å². The minimum Gasteiger partial charge on any atom is -0.489 e. The minimum absolute atomic E-state index is 0.0359. The van der Waals surface area contributed by atoms with Crippen LogP contribution >= 0.6 is 0 Å². The topological polar surface area (TPSA) is 71.8 Å². The molecule has 2 heterocycles. The molecule has 6 nitrogen and oxygen atoms in total. The van der Waals surface area contributed by atoms with Gasteiger partial charge in [0.05, 0.1) is 18.7 Å². The highest BCUT2D eigenvalue weighted by Crippen LogP contribution is 2.23. The van der Waals surface area contributed by atoms with Crippen LogP contribution in [0, 0.1) is 5.92 Å². The van der Waals surface area contributed by atoms with E-state index in [1.54, 1.807) is 29.4 Å². The van der Waals surface area contributed by atoms with E-state index in [9.17, 15) is 9.59 Å². The van der Waals surface area contributed by atoms with Crippen LogP contribution in [0.5, 0.6) is 5.75 Å². The summed E-state index contributed by atoms with van der Waals surface area (Å²) in [6.45, 7) is 1.27. The number of rotatable bonds is 7. The maximum Gasteiger partial charge on any atom is 0.229 e. The van der Waals surface area contributed by atoms with E-state index < -0.39 is 0 Å². The second kappa shape index (κ2) is 8.65. The Labute approximate surface area is 169 Å². The molecule has 6 heteroatoms. The second-order valence-corrected chi connectivity index (χ2v) is 7.04. The number of benzene rings is 2. The number of nitrogens with zero attached hydrogens (tertiary/aromatic N) is 1. The molecule has 1 aliphatic heterocycles. The van der Waals surface area contributed by atoms with Crippen molar-refractivity contribution in [1.82, 2.24) is 4.90 Å². The molecule has 148 valence electrons. The summed E-state index contributed by atoms with van der Waals surface area (Å²) < 4.78 is 11.0. The summed E-state index contributed by atoms with van der Waals surface area (Å²) in [7, 11) is 0. The Kier molecular flexibility index (Phi) is 5.61. The molecule has 0 radical (unpaired) electrons. The smallest absolute Gasteiger partial charge is 0.229 e. The molecule has 1 aliphatic rings. The molecule has 1 unspecified atom stereocenters. The quantitative estimate of drug-likeness (QED) is 0.665. The van der Waals surface area contributed by atoms with E-state index in [4.69, 9.17) is 9.15 Å². The van der Waals surface area contributed by atoms with Crippen molar-refractivity contribution in [2.75, 3.05) is 11.9 Å².